The first kappa shape index (κ1) is 31.5. The number of nitrogens with zero attached hydrogens (tertiary/aromatic N) is 2. The lowest BCUT2D eigenvalue weighted by atomic mass is 10.1. The minimum absolute atomic E-state index is 0.00751. The van der Waals surface area contributed by atoms with E-state index in [9.17, 15) is 18.0 Å². The van der Waals surface area contributed by atoms with Gasteiger partial charge in [-0.2, -0.15) is 0 Å². The molecular weight excluding hydrogens is 542 g/mol. The predicted octanol–water partition coefficient (Wildman–Crippen LogP) is 4.54. The van der Waals surface area contributed by atoms with E-state index in [0.29, 0.717) is 12.3 Å². The highest BCUT2D eigenvalue weighted by Crippen LogP contribution is 2.36. The Kier molecular flexibility index (Phi) is 11.2. The fraction of sp³-hybridized carbons (Fsp3) is 0.355. The Morgan fingerprint density at radius 1 is 0.951 bits per heavy atom. The lowest BCUT2D eigenvalue weighted by Gasteiger charge is -2.32. The van der Waals surface area contributed by atoms with Crippen molar-refractivity contribution in [1.82, 2.24) is 10.2 Å². The Bertz CT molecular complexity index is 1410. The van der Waals surface area contributed by atoms with Crippen molar-refractivity contribution in [2.24, 2.45) is 0 Å². The summed E-state index contributed by atoms with van der Waals surface area (Å²) in [6.45, 7) is 5.67. The Hall–Kier alpha value is -4.05. The number of hydrogen-bond donors (Lipinski definition) is 1. The predicted molar refractivity (Wildman–Crippen MR) is 160 cm³/mol. The first-order valence-electron chi connectivity index (χ1n) is 13.5. The maximum atomic E-state index is 14.1. The Labute approximate surface area is 243 Å². The number of carbonyl (C=O) groups is 2. The smallest absolute Gasteiger partial charge is 0.264 e. The standard InChI is InChI=1S/C31H39N3O6S/c1-6-7-19-32-31(36)24(3)33(21-25-15-13-23(2)14-16-25)30(35)22-34(41(37,38)27-11-9-8-10-12-27)28-20-26(39-4)17-18-29(28)40-5/h8-18,20,24H,6-7,19,21-22H2,1-5H3,(H,32,36). The van der Waals surface area contributed by atoms with E-state index in [1.165, 1.54) is 37.3 Å². The van der Waals surface area contributed by atoms with Gasteiger partial charge in [0, 0.05) is 19.2 Å². The minimum atomic E-state index is -4.23. The summed E-state index contributed by atoms with van der Waals surface area (Å²) in [6.07, 6.45) is 1.72. The van der Waals surface area contributed by atoms with Crippen molar-refractivity contribution in [3.8, 4) is 11.5 Å². The highest BCUT2D eigenvalue weighted by Gasteiger charge is 2.34. The molecule has 0 heterocycles. The second-order valence-electron chi connectivity index (χ2n) is 9.69. The molecule has 3 rings (SSSR count). The molecule has 9 nitrogen and oxygen atoms in total. The fourth-order valence-electron chi connectivity index (χ4n) is 4.23. The van der Waals surface area contributed by atoms with Gasteiger partial charge in [-0.1, -0.05) is 61.4 Å². The van der Waals surface area contributed by atoms with Crippen molar-refractivity contribution in [1.29, 1.82) is 0 Å². The molecule has 1 unspecified atom stereocenters. The molecular formula is C31H39N3O6S. The van der Waals surface area contributed by atoms with Crippen molar-refractivity contribution < 1.29 is 27.5 Å². The first-order chi connectivity index (χ1) is 19.6. The monoisotopic (exact) mass is 581 g/mol. The molecule has 0 saturated carbocycles. The Morgan fingerprint density at radius 3 is 2.24 bits per heavy atom. The number of hydrogen-bond acceptors (Lipinski definition) is 6. The van der Waals surface area contributed by atoms with E-state index in [1.807, 2.05) is 38.1 Å². The van der Waals surface area contributed by atoms with Gasteiger partial charge in [-0.05, 0) is 50.1 Å². The Morgan fingerprint density at radius 2 is 1.63 bits per heavy atom. The molecule has 1 N–H and O–H groups in total. The van der Waals surface area contributed by atoms with Gasteiger partial charge in [-0.25, -0.2) is 8.42 Å². The van der Waals surface area contributed by atoms with Gasteiger partial charge in [0.2, 0.25) is 11.8 Å². The van der Waals surface area contributed by atoms with Crippen LogP contribution in [-0.4, -0.2) is 58.5 Å². The molecule has 10 heteroatoms. The van der Waals surface area contributed by atoms with E-state index >= 15 is 0 Å². The number of methoxy groups -OCH3 is 2. The molecule has 0 aliphatic rings. The maximum absolute atomic E-state index is 14.1. The number of rotatable bonds is 14. The van der Waals surface area contributed by atoms with Crippen molar-refractivity contribution in [2.45, 2.75) is 51.1 Å². The lowest BCUT2D eigenvalue weighted by molar-refractivity contribution is -0.139. The fourth-order valence-corrected chi connectivity index (χ4v) is 5.67. The molecule has 41 heavy (non-hydrogen) atoms. The van der Waals surface area contributed by atoms with E-state index < -0.39 is 28.5 Å². The van der Waals surface area contributed by atoms with Crippen LogP contribution in [0.5, 0.6) is 11.5 Å². The van der Waals surface area contributed by atoms with Crippen LogP contribution in [0, 0.1) is 6.92 Å². The van der Waals surface area contributed by atoms with Gasteiger partial charge in [0.05, 0.1) is 24.8 Å². The number of amides is 2. The molecule has 220 valence electrons. The molecule has 1 atom stereocenters. The van der Waals surface area contributed by atoms with E-state index in [1.54, 1.807) is 37.3 Å². The van der Waals surface area contributed by atoms with Crippen LogP contribution in [0.4, 0.5) is 5.69 Å². The number of aryl methyl sites for hydroxylation is 1. The van der Waals surface area contributed by atoms with E-state index in [0.717, 1.165) is 28.3 Å². The summed E-state index contributed by atoms with van der Waals surface area (Å²) >= 11 is 0. The normalized spacial score (nSPS) is 11.8. The molecule has 0 saturated heterocycles. The number of carbonyl (C=O) groups excluding carboxylic acids is 2. The Balaban J connectivity index is 2.07. The first-order valence-corrected chi connectivity index (χ1v) is 15.0. The zero-order valence-corrected chi connectivity index (χ0v) is 25.1. The average molecular weight is 582 g/mol. The molecule has 0 aromatic heterocycles. The number of ether oxygens (including phenoxy) is 2. The van der Waals surface area contributed by atoms with Crippen LogP contribution in [0.1, 0.15) is 37.8 Å². The second kappa shape index (κ2) is 14.5. The second-order valence-corrected chi connectivity index (χ2v) is 11.6. The van der Waals surface area contributed by atoms with E-state index in [-0.39, 0.29) is 28.8 Å². The molecule has 0 aliphatic heterocycles. The van der Waals surface area contributed by atoms with Crippen LogP contribution in [0.2, 0.25) is 0 Å². The van der Waals surface area contributed by atoms with Crippen molar-refractivity contribution >= 4 is 27.5 Å². The van der Waals surface area contributed by atoms with Crippen molar-refractivity contribution in [3.05, 3.63) is 83.9 Å². The van der Waals surface area contributed by atoms with Crippen LogP contribution in [0.25, 0.3) is 0 Å². The van der Waals surface area contributed by atoms with Gasteiger partial charge in [0.25, 0.3) is 10.0 Å². The number of benzene rings is 3. The molecule has 3 aromatic carbocycles. The third-order valence-electron chi connectivity index (χ3n) is 6.74. The van der Waals surface area contributed by atoms with Crippen LogP contribution >= 0.6 is 0 Å². The van der Waals surface area contributed by atoms with Gasteiger partial charge >= 0.3 is 0 Å². The molecule has 0 aliphatic carbocycles. The molecule has 0 radical (unpaired) electrons. The summed E-state index contributed by atoms with van der Waals surface area (Å²) in [6, 6.07) is 19.4. The molecule has 0 bridgehead atoms. The van der Waals surface area contributed by atoms with Gasteiger partial charge in [0.15, 0.2) is 0 Å². The number of unbranched alkanes of at least 4 members (excludes halogenated alkanes) is 1. The van der Waals surface area contributed by atoms with Crippen molar-refractivity contribution in [3.63, 3.8) is 0 Å². The van der Waals surface area contributed by atoms with Gasteiger partial charge < -0.3 is 19.7 Å². The topological polar surface area (TPSA) is 105 Å². The SMILES string of the molecule is CCCCNC(=O)C(C)N(Cc1ccc(C)cc1)C(=O)CN(c1cc(OC)ccc1OC)S(=O)(=O)c1ccccc1. The van der Waals surface area contributed by atoms with Crippen LogP contribution in [-0.2, 0) is 26.2 Å². The molecule has 3 aromatic rings. The summed E-state index contributed by atoms with van der Waals surface area (Å²) in [5.41, 5.74) is 2.01. The molecule has 2 amide bonds. The minimum Gasteiger partial charge on any atom is -0.497 e. The maximum Gasteiger partial charge on any atom is 0.264 e. The lowest BCUT2D eigenvalue weighted by Crippen LogP contribution is -2.51. The number of sulfonamides is 1. The third kappa shape index (κ3) is 8.00. The average Bonchev–Trinajstić information content (AvgIpc) is 2.99. The van der Waals surface area contributed by atoms with Crippen molar-refractivity contribution in [2.75, 3.05) is 31.6 Å². The summed E-state index contributed by atoms with van der Waals surface area (Å²) in [5.74, 6) is -0.223. The van der Waals surface area contributed by atoms with Crippen LogP contribution in [0.15, 0.2) is 77.7 Å². The summed E-state index contributed by atoms with van der Waals surface area (Å²) in [4.78, 5) is 28.6. The van der Waals surface area contributed by atoms with Gasteiger partial charge in [-0.15, -0.1) is 0 Å². The molecule has 0 fully saturated rings. The highest BCUT2D eigenvalue weighted by molar-refractivity contribution is 7.92. The summed E-state index contributed by atoms with van der Waals surface area (Å²) in [5, 5.41) is 2.89. The van der Waals surface area contributed by atoms with Crippen LogP contribution in [0.3, 0.4) is 0 Å². The van der Waals surface area contributed by atoms with Crippen LogP contribution < -0.4 is 19.1 Å². The zero-order valence-electron chi connectivity index (χ0n) is 24.3. The third-order valence-corrected chi connectivity index (χ3v) is 8.51. The quantitative estimate of drug-likeness (QED) is 0.280. The summed E-state index contributed by atoms with van der Waals surface area (Å²) in [7, 11) is -1.34. The summed E-state index contributed by atoms with van der Waals surface area (Å²) < 4.78 is 39.9. The zero-order chi connectivity index (χ0) is 30.0. The van der Waals surface area contributed by atoms with E-state index in [4.69, 9.17) is 9.47 Å². The van der Waals surface area contributed by atoms with Gasteiger partial charge in [0.1, 0.15) is 24.1 Å². The largest absolute Gasteiger partial charge is 0.497 e. The highest BCUT2D eigenvalue weighted by atomic mass is 32.2. The van der Waals surface area contributed by atoms with Gasteiger partial charge in [-0.3, -0.25) is 13.9 Å². The number of anilines is 1. The van der Waals surface area contributed by atoms with E-state index in [2.05, 4.69) is 5.32 Å². The molecule has 0 spiro atoms. The number of nitrogens with one attached hydrogen (secondary N) is 1.